The lowest BCUT2D eigenvalue weighted by Crippen LogP contribution is -2.32. The molecule has 1 aliphatic rings. The van der Waals surface area contributed by atoms with E-state index in [0.717, 1.165) is 24.5 Å². The van der Waals surface area contributed by atoms with Crippen LogP contribution in [0.3, 0.4) is 0 Å². The predicted molar refractivity (Wildman–Crippen MR) is 84.1 cm³/mol. The average Bonchev–Trinajstić information content (AvgIpc) is 2.49. The number of aliphatic carboxylic acids is 1. The van der Waals surface area contributed by atoms with Crippen LogP contribution in [0, 0.1) is 6.92 Å². The fraction of sp³-hybridized carbons (Fsp3) is 0.467. The van der Waals surface area contributed by atoms with Crippen LogP contribution in [0.25, 0.3) is 5.70 Å². The first-order chi connectivity index (χ1) is 10.9. The van der Waals surface area contributed by atoms with Gasteiger partial charge in [-0.1, -0.05) is 0 Å². The summed E-state index contributed by atoms with van der Waals surface area (Å²) in [5, 5.41) is 10.1. The minimum atomic E-state index is -1.22. The number of ether oxygens (including phenoxy) is 2. The standard InChI is InChI=1S/C15H22N4O4/c1-9-12(23-10-4-3-7-22-8-10)6-5-11(18-9)13(16)14(15(20)21)19(2)17/h5-6,10H,3-4,7-8,16-17H2,1-2H3,(H,20,21)/b14-13-. The molecule has 0 saturated carbocycles. The molecule has 0 amide bonds. The van der Waals surface area contributed by atoms with Gasteiger partial charge < -0.3 is 25.3 Å². The van der Waals surface area contributed by atoms with Crippen molar-refractivity contribution in [2.45, 2.75) is 25.9 Å². The van der Waals surface area contributed by atoms with Gasteiger partial charge in [0.2, 0.25) is 0 Å². The van der Waals surface area contributed by atoms with Crippen molar-refractivity contribution in [2.75, 3.05) is 20.3 Å². The third-order valence-corrected chi connectivity index (χ3v) is 3.54. The highest BCUT2D eigenvalue weighted by atomic mass is 16.5. The molecule has 0 bridgehead atoms. The number of nitrogens with zero attached hydrogens (tertiary/aromatic N) is 2. The normalized spacial score (nSPS) is 19.0. The summed E-state index contributed by atoms with van der Waals surface area (Å²) in [5.41, 5.74) is 6.64. The topological polar surface area (TPSA) is 124 Å². The highest BCUT2D eigenvalue weighted by Crippen LogP contribution is 2.23. The number of hydrogen-bond donors (Lipinski definition) is 3. The van der Waals surface area contributed by atoms with Gasteiger partial charge in [-0.2, -0.15) is 0 Å². The molecule has 0 radical (unpaired) electrons. The van der Waals surface area contributed by atoms with Crippen LogP contribution in [0.5, 0.6) is 5.75 Å². The molecule has 1 aliphatic heterocycles. The van der Waals surface area contributed by atoms with Crippen LogP contribution >= 0.6 is 0 Å². The van der Waals surface area contributed by atoms with Crippen molar-refractivity contribution in [2.24, 2.45) is 11.6 Å². The van der Waals surface area contributed by atoms with E-state index in [-0.39, 0.29) is 17.5 Å². The maximum Gasteiger partial charge on any atom is 0.355 e. The lowest BCUT2D eigenvalue weighted by atomic mass is 10.1. The number of hydrogen-bond acceptors (Lipinski definition) is 7. The van der Waals surface area contributed by atoms with Crippen molar-refractivity contribution in [1.82, 2.24) is 9.99 Å². The monoisotopic (exact) mass is 322 g/mol. The summed E-state index contributed by atoms with van der Waals surface area (Å²) in [6, 6.07) is 3.35. The molecule has 1 saturated heterocycles. The number of aromatic nitrogens is 1. The van der Waals surface area contributed by atoms with E-state index in [4.69, 9.17) is 21.1 Å². The molecule has 1 aromatic heterocycles. The molecule has 0 aliphatic carbocycles. The molecule has 0 aromatic carbocycles. The van der Waals surface area contributed by atoms with Gasteiger partial charge in [-0.25, -0.2) is 15.6 Å². The summed E-state index contributed by atoms with van der Waals surface area (Å²) in [5.74, 6) is 4.93. The van der Waals surface area contributed by atoms with E-state index in [9.17, 15) is 9.90 Å². The zero-order valence-corrected chi connectivity index (χ0v) is 13.3. The molecule has 8 heteroatoms. The molecule has 1 fully saturated rings. The maximum absolute atomic E-state index is 11.2. The first kappa shape index (κ1) is 17.0. The number of likely N-dealkylation sites (N-methyl/N-ethyl adjacent to an activating group) is 1. The quantitative estimate of drug-likeness (QED) is 0.406. The fourth-order valence-corrected chi connectivity index (χ4v) is 2.38. The SMILES string of the molecule is Cc1nc(/C(N)=C(\C(=O)O)N(C)N)ccc1OC1CCCOC1. The molecule has 5 N–H and O–H groups in total. The molecule has 1 aromatic rings. The maximum atomic E-state index is 11.2. The van der Waals surface area contributed by atoms with Crippen LogP contribution in [0.4, 0.5) is 0 Å². The van der Waals surface area contributed by atoms with Crippen molar-refractivity contribution in [3.8, 4) is 5.75 Å². The van der Waals surface area contributed by atoms with E-state index in [0.29, 0.717) is 23.7 Å². The molecule has 2 rings (SSSR count). The van der Waals surface area contributed by atoms with Crippen LogP contribution in [-0.2, 0) is 9.53 Å². The number of rotatable bonds is 5. The highest BCUT2D eigenvalue weighted by Gasteiger charge is 2.20. The van der Waals surface area contributed by atoms with Gasteiger partial charge in [0.1, 0.15) is 11.9 Å². The summed E-state index contributed by atoms with van der Waals surface area (Å²) in [6.45, 7) is 3.11. The third kappa shape index (κ3) is 4.11. The summed E-state index contributed by atoms with van der Waals surface area (Å²) < 4.78 is 11.3. The average molecular weight is 322 g/mol. The molecular formula is C15H22N4O4. The predicted octanol–water partition coefficient (Wildman–Crippen LogP) is 0.465. The van der Waals surface area contributed by atoms with Crippen molar-refractivity contribution in [3.05, 3.63) is 29.2 Å². The Bertz CT molecular complexity index is 609. The lowest BCUT2D eigenvalue weighted by Gasteiger charge is -2.24. The van der Waals surface area contributed by atoms with Gasteiger partial charge >= 0.3 is 5.97 Å². The first-order valence-electron chi connectivity index (χ1n) is 7.34. The zero-order chi connectivity index (χ0) is 17.0. The lowest BCUT2D eigenvalue weighted by molar-refractivity contribution is -0.134. The smallest absolute Gasteiger partial charge is 0.355 e. The van der Waals surface area contributed by atoms with Crippen molar-refractivity contribution < 1.29 is 19.4 Å². The van der Waals surface area contributed by atoms with Crippen LogP contribution in [-0.4, -0.2) is 47.4 Å². The molecule has 23 heavy (non-hydrogen) atoms. The summed E-state index contributed by atoms with van der Waals surface area (Å²) in [7, 11) is 1.41. The van der Waals surface area contributed by atoms with Gasteiger partial charge in [0.05, 0.1) is 23.7 Å². The van der Waals surface area contributed by atoms with Gasteiger partial charge in [0.25, 0.3) is 0 Å². The van der Waals surface area contributed by atoms with Gasteiger partial charge in [-0.05, 0) is 31.9 Å². The third-order valence-electron chi connectivity index (χ3n) is 3.54. The Labute approximate surface area is 134 Å². The van der Waals surface area contributed by atoms with E-state index in [1.165, 1.54) is 7.05 Å². The van der Waals surface area contributed by atoms with Crippen LogP contribution in [0.2, 0.25) is 0 Å². The van der Waals surface area contributed by atoms with E-state index < -0.39 is 5.97 Å². The number of pyridine rings is 1. The number of carboxylic acid groups (broad SMARTS) is 1. The molecule has 8 nitrogen and oxygen atoms in total. The Morgan fingerprint density at radius 2 is 2.26 bits per heavy atom. The molecule has 1 atom stereocenters. The Hall–Kier alpha value is -2.32. The second kappa shape index (κ2) is 7.30. The number of carbonyl (C=O) groups is 1. The Morgan fingerprint density at radius 1 is 1.52 bits per heavy atom. The van der Waals surface area contributed by atoms with Gasteiger partial charge in [-0.3, -0.25) is 0 Å². The largest absolute Gasteiger partial charge is 0.486 e. The highest BCUT2D eigenvalue weighted by molar-refractivity contribution is 5.94. The first-order valence-corrected chi connectivity index (χ1v) is 7.34. The zero-order valence-electron chi connectivity index (χ0n) is 13.3. The summed E-state index contributed by atoms with van der Waals surface area (Å²) in [4.78, 5) is 15.6. The Morgan fingerprint density at radius 3 is 2.78 bits per heavy atom. The van der Waals surface area contributed by atoms with E-state index in [1.54, 1.807) is 19.1 Å². The van der Waals surface area contributed by atoms with Crippen molar-refractivity contribution >= 4 is 11.7 Å². The van der Waals surface area contributed by atoms with Crippen LogP contribution in [0.15, 0.2) is 17.8 Å². The van der Waals surface area contributed by atoms with Gasteiger partial charge in [0.15, 0.2) is 5.70 Å². The summed E-state index contributed by atoms with van der Waals surface area (Å²) >= 11 is 0. The van der Waals surface area contributed by atoms with E-state index in [2.05, 4.69) is 4.98 Å². The van der Waals surface area contributed by atoms with Crippen molar-refractivity contribution in [1.29, 1.82) is 0 Å². The summed E-state index contributed by atoms with van der Waals surface area (Å²) in [6.07, 6.45) is 1.91. The van der Waals surface area contributed by atoms with Crippen LogP contribution < -0.4 is 16.3 Å². The molecule has 1 unspecified atom stereocenters. The number of aryl methyl sites for hydroxylation is 1. The van der Waals surface area contributed by atoms with Crippen molar-refractivity contribution in [3.63, 3.8) is 0 Å². The van der Waals surface area contributed by atoms with E-state index in [1.807, 2.05) is 0 Å². The number of nitrogens with two attached hydrogens (primary N) is 2. The van der Waals surface area contributed by atoms with Gasteiger partial charge in [-0.15, -0.1) is 0 Å². The van der Waals surface area contributed by atoms with E-state index >= 15 is 0 Å². The Kier molecular flexibility index (Phi) is 5.41. The molecule has 0 spiro atoms. The van der Waals surface area contributed by atoms with Crippen LogP contribution in [0.1, 0.15) is 24.2 Å². The molecular weight excluding hydrogens is 300 g/mol. The minimum Gasteiger partial charge on any atom is -0.486 e. The van der Waals surface area contributed by atoms with Gasteiger partial charge in [0, 0.05) is 13.7 Å². The minimum absolute atomic E-state index is 0.00171. The second-order valence-corrected chi connectivity index (χ2v) is 5.42. The Balaban J connectivity index is 2.24. The number of carboxylic acids is 1. The number of hydrazine groups is 1. The molecule has 2 heterocycles. The fourth-order valence-electron chi connectivity index (χ4n) is 2.38. The second-order valence-electron chi connectivity index (χ2n) is 5.42. The molecule has 126 valence electrons.